The third-order valence-electron chi connectivity index (χ3n) is 13.2. The van der Waals surface area contributed by atoms with Crippen LogP contribution in [0.4, 0.5) is 5.69 Å². The standard InChI is InChI=1S/C48H57ClN2O7/c1-31(28-57-42-15-21-50-41-10-5-7-32(2)45(41)42)23-35-24-34-25-43-44(58-39(16-22-56-43)30-55-29-33-11-13-38(53-3)14-12-33)27-40(34)47(35)17-19-48(20-18-47,46(52)54-4)51-37-9-6-8-36(49)26-37/h6,8-9,11-15,21,25-27,31-32,35,39,51H,5,7,10,16-20,22-24,28-30H2,1-4H3/t31-,32-,35+,39-,47?,48?/m1/s1. The van der Waals surface area contributed by atoms with Crippen LogP contribution in [-0.2, 0) is 39.1 Å². The first-order chi connectivity index (χ1) is 28.2. The Bertz CT molecular complexity index is 2060. The summed E-state index contributed by atoms with van der Waals surface area (Å²) in [6.45, 7) is 6.74. The number of rotatable bonds is 13. The molecule has 0 saturated heterocycles. The van der Waals surface area contributed by atoms with E-state index in [4.69, 9.17) is 45.0 Å². The lowest BCUT2D eigenvalue weighted by atomic mass is 9.59. The van der Waals surface area contributed by atoms with E-state index in [9.17, 15) is 4.79 Å². The number of aryl methyl sites for hydroxylation is 1. The summed E-state index contributed by atoms with van der Waals surface area (Å²) in [6.07, 6.45) is 10.6. The van der Waals surface area contributed by atoms with E-state index in [-0.39, 0.29) is 17.5 Å². The molecule has 58 heavy (non-hydrogen) atoms. The normalized spacial score (nSPS) is 25.2. The topological polar surface area (TPSA) is 97.4 Å². The molecule has 10 heteroatoms. The Balaban J connectivity index is 1.04. The number of fused-ring (bicyclic) bond motifs is 4. The second-order valence-corrected chi connectivity index (χ2v) is 17.5. The van der Waals surface area contributed by atoms with Gasteiger partial charge in [-0.25, -0.2) is 4.79 Å². The van der Waals surface area contributed by atoms with Gasteiger partial charge < -0.3 is 33.7 Å². The number of methoxy groups -OCH3 is 2. The summed E-state index contributed by atoms with van der Waals surface area (Å²) in [7, 11) is 3.15. The largest absolute Gasteiger partial charge is 0.497 e. The Morgan fingerprint density at radius 3 is 2.62 bits per heavy atom. The highest BCUT2D eigenvalue weighted by Gasteiger charge is 2.55. The molecule has 2 heterocycles. The van der Waals surface area contributed by atoms with E-state index in [1.807, 2.05) is 60.8 Å². The molecule has 4 aromatic rings. The molecule has 1 aromatic heterocycles. The van der Waals surface area contributed by atoms with Gasteiger partial charge in [-0.3, -0.25) is 4.98 Å². The number of ether oxygens (including phenoxy) is 6. The molecule has 1 saturated carbocycles. The Kier molecular flexibility index (Phi) is 12.1. The van der Waals surface area contributed by atoms with Crippen molar-refractivity contribution in [3.8, 4) is 23.0 Å². The second kappa shape index (κ2) is 17.4. The molecule has 308 valence electrons. The van der Waals surface area contributed by atoms with Crippen LogP contribution >= 0.6 is 11.6 Å². The van der Waals surface area contributed by atoms with Gasteiger partial charge in [0, 0.05) is 34.6 Å². The van der Waals surface area contributed by atoms with Gasteiger partial charge in [0.2, 0.25) is 0 Å². The molecule has 4 atom stereocenters. The van der Waals surface area contributed by atoms with E-state index < -0.39 is 5.54 Å². The van der Waals surface area contributed by atoms with Gasteiger partial charge in [-0.2, -0.15) is 0 Å². The van der Waals surface area contributed by atoms with Gasteiger partial charge in [0.05, 0.1) is 40.6 Å². The van der Waals surface area contributed by atoms with Crippen LogP contribution in [0, 0.1) is 11.8 Å². The summed E-state index contributed by atoms with van der Waals surface area (Å²) in [5, 5.41) is 4.21. The van der Waals surface area contributed by atoms with E-state index in [0.29, 0.717) is 62.0 Å². The van der Waals surface area contributed by atoms with Crippen molar-refractivity contribution in [2.75, 3.05) is 39.4 Å². The van der Waals surface area contributed by atoms with Crippen LogP contribution < -0.4 is 24.3 Å². The number of halogens is 1. The fourth-order valence-corrected chi connectivity index (χ4v) is 10.4. The molecule has 1 N–H and O–H groups in total. The van der Waals surface area contributed by atoms with Crippen LogP contribution in [0.15, 0.2) is 72.9 Å². The van der Waals surface area contributed by atoms with Gasteiger partial charge in [-0.05, 0) is 146 Å². The van der Waals surface area contributed by atoms with Crippen molar-refractivity contribution in [2.45, 2.75) is 108 Å². The minimum atomic E-state index is -0.874. The lowest BCUT2D eigenvalue weighted by Gasteiger charge is -2.47. The van der Waals surface area contributed by atoms with Crippen molar-refractivity contribution in [3.05, 3.63) is 106 Å². The number of benzene rings is 3. The van der Waals surface area contributed by atoms with Crippen molar-refractivity contribution in [3.63, 3.8) is 0 Å². The monoisotopic (exact) mass is 808 g/mol. The van der Waals surface area contributed by atoms with Gasteiger partial charge >= 0.3 is 5.97 Å². The maximum Gasteiger partial charge on any atom is 0.331 e. The van der Waals surface area contributed by atoms with E-state index in [0.717, 1.165) is 72.8 Å². The summed E-state index contributed by atoms with van der Waals surface area (Å²) in [4.78, 5) is 18.4. The Morgan fingerprint density at radius 2 is 1.84 bits per heavy atom. The SMILES string of the molecule is COC(=O)C1(Nc2cccc(Cl)c2)CCC2(CC1)c1cc3c(cc1C[C@@H]2C[C@@H](C)COc1ccnc2c1[C@H](C)CCC2)OCC[C@H](COCc1ccc(OC)cc1)O3. The summed E-state index contributed by atoms with van der Waals surface area (Å²) >= 11 is 6.39. The molecule has 1 aliphatic heterocycles. The molecule has 1 fully saturated rings. The molecule has 0 unspecified atom stereocenters. The average Bonchev–Trinajstić information content (AvgIpc) is 3.35. The molecular formula is C48H57ClN2O7. The number of pyridine rings is 1. The van der Waals surface area contributed by atoms with E-state index >= 15 is 0 Å². The molecule has 4 aliphatic rings. The molecule has 9 nitrogen and oxygen atoms in total. The summed E-state index contributed by atoms with van der Waals surface area (Å²) in [6, 6.07) is 22.0. The molecule has 8 rings (SSSR count). The first kappa shape index (κ1) is 40.3. The van der Waals surface area contributed by atoms with Crippen LogP contribution in [-0.4, -0.2) is 56.6 Å². The van der Waals surface area contributed by atoms with Gasteiger partial charge in [-0.1, -0.05) is 43.6 Å². The number of aromatic nitrogens is 1. The number of nitrogens with zero attached hydrogens (tertiary/aromatic N) is 1. The van der Waals surface area contributed by atoms with E-state index in [1.54, 1.807) is 7.11 Å². The predicted octanol–water partition coefficient (Wildman–Crippen LogP) is 10.0. The predicted molar refractivity (Wildman–Crippen MR) is 226 cm³/mol. The quantitative estimate of drug-likeness (QED) is 0.132. The lowest BCUT2D eigenvalue weighted by molar-refractivity contribution is -0.148. The number of carbonyl (C=O) groups excluding carboxylic acids is 1. The summed E-state index contributed by atoms with van der Waals surface area (Å²) in [5.41, 5.74) is 5.94. The maximum atomic E-state index is 13.7. The van der Waals surface area contributed by atoms with Crippen molar-refractivity contribution < 1.29 is 33.2 Å². The van der Waals surface area contributed by atoms with Crippen molar-refractivity contribution in [1.82, 2.24) is 4.98 Å². The molecular weight excluding hydrogens is 752 g/mol. The lowest BCUT2D eigenvalue weighted by Crippen LogP contribution is -2.53. The highest BCUT2D eigenvalue weighted by atomic mass is 35.5. The van der Waals surface area contributed by atoms with Crippen LogP contribution in [0.2, 0.25) is 5.02 Å². The van der Waals surface area contributed by atoms with Crippen LogP contribution in [0.5, 0.6) is 23.0 Å². The highest BCUT2D eigenvalue weighted by molar-refractivity contribution is 6.30. The molecule has 3 aliphatic carbocycles. The van der Waals surface area contributed by atoms with Crippen LogP contribution in [0.25, 0.3) is 0 Å². The molecule has 0 radical (unpaired) electrons. The van der Waals surface area contributed by atoms with Crippen molar-refractivity contribution in [1.29, 1.82) is 0 Å². The maximum absolute atomic E-state index is 13.7. The molecule has 0 amide bonds. The fraction of sp³-hybridized carbons (Fsp3) is 0.500. The smallest absolute Gasteiger partial charge is 0.331 e. The number of esters is 1. The van der Waals surface area contributed by atoms with Crippen LogP contribution in [0.3, 0.4) is 0 Å². The highest BCUT2D eigenvalue weighted by Crippen LogP contribution is 2.58. The second-order valence-electron chi connectivity index (χ2n) is 17.1. The first-order valence-electron chi connectivity index (χ1n) is 21.1. The van der Waals surface area contributed by atoms with Gasteiger partial charge in [0.1, 0.15) is 23.1 Å². The summed E-state index contributed by atoms with van der Waals surface area (Å²) < 4.78 is 36.7. The molecule has 0 bridgehead atoms. The minimum absolute atomic E-state index is 0.148. The van der Waals surface area contributed by atoms with Gasteiger partial charge in [-0.15, -0.1) is 0 Å². The number of hydrogen-bond donors (Lipinski definition) is 1. The Hall–Kier alpha value is -4.47. The number of anilines is 1. The number of hydrogen-bond acceptors (Lipinski definition) is 9. The minimum Gasteiger partial charge on any atom is -0.497 e. The molecule has 3 aromatic carbocycles. The fourth-order valence-electron chi connectivity index (χ4n) is 10.2. The zero-order valence-electron chi connectivity index (χ0n) is 34.3. The van der Waals surface area contributed by atoms with Crippen molar-refractivity contribution >= 4 is 23.3 Å². The van der Waals surface area contributed by atoms with Gasteiger partial charge in [0.15, 0.2) is 11.5 Å². The Labute approximate surface area is 348 Å². The zero-order valence-corrected chi connectivity index (χ0v) is 35.1. The average molecular weight is 809 g/mol. The first-order valence-corrected chi connectivity index (χ1v) is 21.5. The van der Waals surface area contributed by atoms with E-state index in [1.165, 1.54) is 42.3 Å². The molecule has 1 spiro atoms. The number of nitrogens with one attached hydrogen (secondary N) is 1. The van der Waals surface area contributed by atoms with Gasteiger partial charge in [0.25, 0.3) is 0 Å². The zero-order chi connectivity index (χ0) is 40.3. The summed E-state index contributed by atoms with van der Waals surface area (Å²) in [5.74, 6) is 4.21. The van der Waals surface area contributed by atoms with E-state index in [2.05, 4.69) is 31.3 Å². The van der Waals surface area contributed by atoms with Crippen molar-refractivity contribution in [2.24, 2.45) is 11.8 Å². The third-order valence-corrected chi connectivity index (χ3v) is 13.5. The number of carbonyl (C=O) groups is 1. The third kappa shape index (κ3) is 8.35. The Morgan fingerprint density at radius 1 is 1.02 bits per heavy atom. The van der Waals surface area contributed by atoms with Crippen LogP contribution in [0.1, 0.15) is 99.1 Å².